The molecular formula is C15H14ClN3O2S. The standard InChI is InChI=1S/C15H14ClN3O2S/c16-10-4-2-9(3-5-10)15(6-1-7-15)13(21)19-14-18-11(8-22-14)12(17)20/h2-5,8H,1,6-7H2,(H2,17,20)(H,18,19,21). The van der Waals surface area contributed by atoms with Crippen molar-refractivity contribution in [3.8, 4) is 0 Å². The first-order chi connectivity index (χ1) is 10.5. The van der Waals surface area contributed by atoms with E-state index in [9.17, 15) is 9.59 Å². The lowest BCUT2D eigenvalue weighted by Gasteiger charge is -2.40. The minimum atomic E-state index is -0.604. The highest BCUT2D eigenvalue weighted by Crippen LogP contribution is 2.45. The summed E-state index contributed by atoms with van der Waals surface area (Å²) in [5.41, 5.74) is 5.74. The molecule has 1 aliphatic carbocycles. The molecule has 0 atom stereocenters. The van der Waals surface area contributed by atoms with Crippen LogP contribution in [0.1, 0.15) is 35.3 Å². The van der Waals surface area contributed by atoms with Gasteiger partial charge in [0.1, 0.15) is 5.69 Å². The molecule has 0 radical (unpaired) electrons. The molecule has 1 heterocycles. The summed E-state index contributed by atoms with van der Waals surface area (Å²) in [6.07, 6.45) is 2.57. The van der Waals surface area contributed by atoms with Crippen LogP contribution in [0.4, 0.5) is 5.13 Å². The molecular weight excluding hydrogens is 322 g/mol. The maximum Gasteiger partial charge on any atom is 0.268 e. The predicted octanol–water partition coefficient (Wildman–Crippen LogP) is 2.96. The predicted molar refractivity (Wildman–Crippen MR) is 86.2 cm³/mol. The van der Waals surface area contributed by atoms with Crippen LogP contribution in [-0.2, 0) is 10.2 Å². The summed E-state index contributed by atoms with van der Waals surface area (Å²) in [5, 5.41) is 5.37. The Bertz CT molecular complexity index is 723. The molecule has 1 aliphatic rings. The van der Waals surface area contributed by atoms with Gasteiger partial charge in [-0.15, -0.1) is 11.3 Å². The Balaban J connectivity index is 1.82. The van der Waals surface area contributed by atoms with Crippen molar-refractivity contribution >= 4 is 39.9 Å². The molecule has 0 bridgehead atoms. The van der Waals surface area contributed by atoms with E-state index in [4.69, 9.17) is 17.3 Å². The van der Waals surface area contributed by atoms with Crippen LogP contribution < -0.4 is 11.1 Å². The van der Waals surface area contributed by atoms with Crippen molar-refractivity contribution in [1.82, 2.24) is 4.98 Å². The molecule has 1 aromatic heterocycles. The number of nitrogens with zero attached hydrogens (tertiary/aromatic N) is 1. The van der Waals surface area contributed by atoms with Crippen LogP contribution in [0.5, 0.6) is 0 Å². The van der Waals surface area contributed by atoms with Gasteiger partial charge in [-0.05, 0) is 30.5 Å². The van der Waals surface area contributed by atoms with Gasteiger partial charge in [0.2, 0.25) is 5.91 Å². The second-order valence-electron chi connectivity index (χ2n) is 5.30. The van der Waals surface area contributed by atoms with Crippen molar-refractivity contribution in [1.29, 1.82) is 0 Å². The molecule has 2 amide bonds. The monoisotopic (exact) mass is 335 g/mol. The van der Waals surface area contributed by atoms with Crippen molar-refractivity contribution in [3.63, 3.8) is 0 Å². The van der Waals surface area contributed by atoms with E-state index in [1.807, 2.05) is 12.1 Å². The van der Waals surface area contributed by atoms with Crippen LogP contribution in [-0.4, -0.2) is 16.8 Å². The van der Waals surface area contributed by atoms with Crippen molar-refractivity contribution in [2.24, 2.45) is 5.73 Å². The number of hydrogen-bond acceptors (Lipinski definition) is 4. The van der Waals surface area contributed by atoms with Crippen molar-refractivity contribution in [3.05, 3.63) is 45.9 Å². The maximum atomic E-state index is 12.7. The van der Waals surface area contributed by atoms with Crippen LogP contribution in [0.15, 0.2) is 29.6 Å². The SMILES string of the molecule is NC(=O)c1csc(NC(=O)C2(c3ccc(Cl)cc3)CCC2)n1. The van der Waals surface area contributed by atoms with Crippen LogP contribution >= 0.6 is 22.9 Å². The minimum Gasteiger partial charge on any atom is -0.364 e. The second-order valence-corrected chi connectivity index (χ2v) is 6.59. The van der Waals surface area contributed by atoms with Gasteiger partial charge >= 0.3 is 0 Å². The highest BCUT2D eigenvalue weighted by Gasteiger charge is 2.45. The smallest absolute Gasteiger partial charge is 0.268 e. The van der Waals surface area contributed by atoms with E-state index in [0.29, 0.717) is 10.2 Å². The summed E-state index contributed by atoms with van der Waals surface area (Å²) in [7, 11) is 0. The lowest BCUT2D eigenvalue weighted by molar-refractivity contribution is -0.124. The van der Waals surface area contributed by atoms with Gasteiger partial charge in [-0.1, -0.05) is 30.2 Å². The Morgan fingerprint density at radius 2 is 1.95 bits per heavy atom. The van der Waals surface area contributed by atoms with Crippen LogP contribution in [0.3, 0.4) is 0 Å². The number of nitrogens with two attached hydrogens (primary N) is 1. The van der Waals surface area contributed by atoms with Crippen molar-refractivity contribution in [2.75, 3.05) is 5.32 Å². The van der Waals surface area contributed by atoms with Gasteiger partial charge in [-0.2, -0.15) is 0 Å². The van der Waals surface area contributed by atoms with Crippen molar-refractivity contribution in [2.45, 2.75) is 24.7 Å². The third-order valence-electron chi connectivity index (χ3n) is 4.02. The summed E-state index contributed by atoms with van der Waals surface area (Å²) in [5.74, 6) is -0.709. The summed E-state index contributed by atoms with van der Waals surface area (Å²) < 4.78 is 0. The number of primary amides is 1. The lowest BCUT2D eigenvalue weighted by Crippen LogP contribution is -2.46. The summed E-state index contributed by atoms with van der Waals surface area (Å²) in [4.78, 5) is 27.8. The summed E-state index contributed by atoms with van der Waals surface area (Å²) in [6.45, 7) is 0. The number of aromatic nitrogens is 1. The number of hydrogen-bond donors (Lipinski definition) is 2. The van der Waals surface area contributed by atoms with Gasteiger partial charge in [0, 0.05) is 10.4 Å². The number of nitrogens with one attached hydrogen (secondary N) is 1. The highest BCUT2D eigenvalue weighted by molar-refractivity contribution is 7.14. The number of amides is 2. The Morgan fingerprint density at radius 1 is 1.27 bits per heavy atom. The zero-order valence-electron chi connectivity index (χ0n) is 11.6. The molecule has 114 valence electrons. The van der Waals surface area contributed by atoms with Gasteiger partial charge in [0.15, 0.2) is 5.13 Å². The van der Waals surface area contributed by atoms with E-state index >= 15 is 0 Å². The molecule has 0 aliphatic heterocycles. The van der Waals surface area contributed by atoms with Crippen molar-refractivity contribution < 1.29 is 9.59 Å². The fraction of sp³-hybridized carbons (Fsp3) is 0.267. The van der Waals surface area contributed by atoms with Gasteiger partial charge in [-0.3, -0.25) is 9.59 Å². The Labute approximate surface area is 136 Å². The molecule has 3 rings (SSSR count). The fourth-order valence-corrected chi connectivity index (χ4v) is 3.43. The normalized spacial score (nSPS) is 15.9. The molecule has 0 spiro atoms. The molecule has 22 heavy (non-hydrogen) atoms. The quantitative estimate of drug-likeness (QED) is 0.900. The minimum absolute atomic E-state index is 0.105. The molecule has 1 fully saturated rings. The van der Waals surface area contributed by atoms with E-state index in [1.165, 1.54) is 16.7 Å². The fourth-order valence-electron chi connectivity index (χ4n) is 2.61. The number of halogens is 1. The van der Waals surface area contributed by atoms with Gasteiger partial charge < -0.3 is 11.1 Å². The van der Waals surface area contributed by atoms with Crippen LogP contribution in [0.25, 0.3) is 0 Å². The van der Waals surface area contributed by atoms with E-state index in [0.717, 1.165) is 24.8 Å². The second kappa shape index (κ2) is 5.70. The molecule has 0 unspecified atom stereocenters. The third kappa shape index (κ3) is 2.60. The molecule has 7 heteroatoms. The van der Waals surface area contributed by atoms with Gasteiger partial charge in [-0.25, -0.2) is 4.98 Å². The average molecular weight is 336 g/mol. The third-order valence-corrected chi connectivity index (χ3v) is 5.03. The lowest BCUT2D eigenvalue weighted by atomic mass is 9.64. The number of rotatable bonds is 4. The van der Waals surface area contributed by atoms with E-state index in [1.54, 1.807) is 12.1 Å². The highest BCUT2D eigenvalue weighted by atomic mass is 35.5. The van der Waals surface area contributed by atoms with Crippen LogP contribution in [0, 0.1) is 0 Å². The number of anilines is 1. The number of carbonyl (C=O) groups is 2. The zero-order valence-corrected chi connectivity index (χ0v) is 13.2. The number of benzene rings is 1. The number of thiazole rings is 1. The first-order valence-corrected chi connectivity index (χ1v) is 8.10. The van der Waals surface area contributed by atoms with Gasteiger partial charge in [0.05, 0.1) is 5.41 Å². The molecule has 2 aromatic rings. The topological polar surface area (TPSA) is 85.1 Å². The summed E-state index contributed by atoms with van der Waals surface area (Å²) >= 11 is 7.10. The summed E-state index contributed by atoms with van der Waals surface area (Å²) in [6, 6.07) is 7.35. The number of carbonyl (C=O) groups excluding carboxylic acids is 2. The molecule has 1 saturated carbocycles. The average Bonchev–Trinajstić information content (AvgIpc) is 2.88. The molecule has 0 saturated heterocycles. The Hall–Kier alpha value is -1.92. The Morgan fingerprint density at radius 3 is 2.45 bits per heavy atom. The van der Waals surface area contributed by atoms with E-state index < -0.39 is 11.3 Å². The van der Waals surface area contributed by atoms with E-state index in [-0.39, 0.29) is 11.6 Å². The molecule has 5 nitrogen and oxygen atoms in total. The maximum absolute atomic E-state index is 12.7. The largest absolute Gasteiger partial charge is 0.364 e. The first kappa shape index (κ1) is 15.0. The first-order valence-electron chi connectivity index (χ1n) is 6.84. The zero-order chi connectivity index (χ0) is 15.7. The Kier molecular flexibility index (Phi) is 3.88. The molecule has 1 aromatic carbocycles. The van der Waals surface area contributed by atoms with Gasteiger partial charge in [0.25, 0.3) is 5.91 Å². The van der Waals surface area contributed by atoms with E-state index in [2.05, 4.69) is 10.3 Å². The molecule has 3 N–H and O–H groups in total. The van der Waals surface area contributed by atoms with Crippen LogP contribution in [0.2, 0.25) is 5.02 Å².